The van der Waals surface area contributed by atoms with E-state index in [1.54, 1.807) is 0 Å². The number of hydrogen-bond acceptors (Lipinski definition) is 4. The average molecular weight is 358 g/mol. The first-order valence-electron chi connectivity index (χ1n) is 9.56. The highest BCUT2D eigenvalue weighted by Gasteiger charge is 2.27. The Morgan fingerprint density at radius 3 is 2.77 bits per heavy atom. The molecule has 6 nitrogen and oxygen atoms in total. The molecule has 2 atom stereocenters. The van der Waals surface area contributed by atoms with E-state index in [9.17, 15) is 4.79 Å². The van der Waals surface area contributed by atoms with Gasteiger partial charge in [-0.25, -0.2) is 4.98 Å². The number of para-hydroxylation sites is 2. The van der Waals surface area contributed by atoms with Gasteiger partial charge in [0.15, 0.2) is 0 Å². The number of benzene rings is 1. The number of nitrogens with one attached hydrogen (secondary N) is 1. The molecule has 0 spiro atoms. The van der Waals surface area contributed by atoms with E-state index in [0.717, 1.165) is 49.3 Å². The number of imidazole rings is 1. The molecular formula is C20H31N5O. The van der Waals surface area contributed by atoms with Crippen LogP contribution in [0.15, 0.2) is 24.3 Å². The number of rotatable bonds is 5. The monoisotopic (exact) mass is 357 g/mol. The Balaban J connectivity index is 1.65. The number of nitrogens with zero attached hydrogens (tertiary/aromatic N) is 4. The van der Waals surface area contributed by atoms with Crippen molar-refractivity contribution >= 4 is 16.9 Å². The fraction of sp³-hybridized carbons (Fsp3) is 0.600. The topological polar surface area (TPSA) is 53.4 Å². The van der Waals surface area contributed by atoms with E-state index in [4.69, 9.17) is 4.98 Å². The predicted molar refractivity (Wildman–Crippen MR) is 105 cm³/mol. The smallest absolute Gasteiger partial charge is 0.224 e. The van der Waals surface area contributed by atoms with Crippen molar-refractivity contribution in [3.8, 4) is 0 Å². The number of hydrogen-bond donors (Lipinski definition) is 1. The van der Waals surface area contributed by atoms with Gasteiger partial charge in [-0.15, -0.1) is 0 Å². The zero-order chi connectivity index (χ0) is 18.7. The predicted octanol–water partition coefficient (Wildman–Crippen LogP) is 1.94. The molecule has 2 heterocycles. The SMILES string of the molecule is CCn1c(CNC(=O)[C@@H]2CC[C@H](N(C)C)CN(C)C2)nc2ccccc21. The van der Waals surface area contributed by atoms with Crippen LogP contribution >= 0.6 is 0 Å². The first-order valence-corrected chi connectivity index (χ1v) is 9.56. The Morgan fingerprint density at radius 1 is 1.27 bits per heavy atom. The van der Waals surface area contributed by atoms with Gasteiger partial charge in [-0.1, -0.05) is 12.1 Å². The molecule has 26 heavy (non-hydrogen) atoms. The van der Waals surface area contributed by atoms with Crippen LogP contribution < -0.4 is 5.32 Å². The van der Waals surface area contributed by atoms with E-state index in [2.05, 4.69) is 53.8 Å². The lowest BCUT2D eigenvalue weighted by molar-refractivity contribution is -0.125. The molecule has 0 unspecified atom stereocenters. The van der Waals surface area contributed by atoms with Gasteiger partial charge in [-0.3, -0.25) is 4.79 Å². The van der Waals surface area contributed by atoms with E-state index in [0.29, 0.717) is 12.6 Å². The Labute approximate surface area is 156 Å². The number of amides is 1. The number of fused-ring (bicyclic) bond motifs is 1. The maximum Gasteiger partial charge on any atom is 0.224 e. The Kier molecular flexibility index (Phi) is 5.94. The van der Waals surface area contributed by atoms with Crippen LogP contribution in [-0.4, -0.2) is 65.5 Å². The van der Waals surface area contributed by atoms with Crippen LogP contribution in [0.2, 0.25) is 0 Å². The number of aromatic nitrogens is 2. The summed E-state index contributed by atoms with van der Waals surface area (Å²) in [6, 6.07) is 8.65. The Morgan fingerprint density at radius 2 is 2.04 bits per heavy atom. The molecule has 1 aliphatic heterocycles. The molecule has 1 saturated heterocycles. The summed E-state index contributed by atoms with van der Waals surface area (Å²) in [6.45, 7) is 5.28. The number of carbonyl (C=O) groups is 1. The van der Waals surface area contributed by atoms with Crippen LogP contribution in [0.25, 0.3) is 11.0 Å². The highest BCUT2D eigenvalue weighted by atomic mass is 16.1. The minimum absolute atomic E-state index is 0.0457. The molecule has 6 heteroatoms. The zero-order valence-electron chi connectivity index (χ0n) is 16.4. The van der Waals surface area contributed by atoms with Crippen molar-refractivity contribution in [1.29, 1.82) is 0 Å². The van der Waals surface area contributed by atoms with Crippen LogP contribution in [-0.2, 0) is 17.9 Å². The second-order valence-corrected chi connectivity index (χ2v) is 7.59. The molecule has 3 rings (SSSR count). The summed E-state index contributed by atoms with van der Waals surface area (Å²) in [5.74, 6) is 1.12. The fourth-order valence-electron chi connectivity index (χ4n) is 3.95. The first-order chi connectivity index (χ1) is 12.5. The maximum absolute atomic E-state index is 12.8. The summed E-state index contributed by atoms with van der Waals surface area (Å²) in [5, 5.41) is 3.13. The lowest BCUT2D eigenvalue weighted by atomic mass is 10.0. The van der Waals surface area contributed by atoms with Crippen LogP contribution in [0, 0.1) is 5.92 Å². The largest absolute Gasteiger partial charge is 0.349 e. The van der Waals surface area contributed by atoms with Gasteiger partial charge >= 0.3 is 0 Å². The van der Waals surface area contributed by atoms with Crippen molar-refractivity contribution in [2.45, 2.75) is 38.9 Å². The van der Waals surface area contributed by atoms with Crippen LogP contribution in [0.4, 0.5) is 0 Å². The lowest BCUT2D eigenvalue weighted by Gasteiger charge is -2.25. The van der Waals surface area contributed by atoms with Crippen molar-refractivity contribution in [3.05, 3.63) is 30.1 Å². The second kappa shape index (κ2) is 8.18. The average Bonchev–Trinajstić information content (AvgIpc) is 2.86. The number of carbonyl (C=O) groups excluding carboxylic acids is 1. The molecular weight excluding hydrogens is 326 g/mol. The Hall–Kier alpha value is -1.92. The first kappa shape index (κ1) is 18.9. The van der Waals surface area contributed by atoms with Gasteiger partial charge in [-0.2, -0.15) is 0 Å². The fourth-order valence-corrected chi connectivity index (χ4v) is 3.95. The number of likely N-dealkylation sites (N-methyl/N-ethyl adjacent to an activating group) is 2. The van der Waals surface area contributed by atoms with Crippen LogP contribution in [0.1, 0.15) is 25.6 Å². The van der Waals surface area contributed by atoms with E-state index in [1.807, 2.05) is 18.2 Å². The van der Waals surface area contributed by atoms with Crippen molar-refractivity contribution in [2.24, 2.45) is 5.92 Å². The molecule has 0 radical (unpaired) electrons. The molecule has 0 saturated carbocycles. The van der Waals surface area contributed by atoms with E-state index < -0.39 is 0 Å². The maximum atomic E-state index is 12.8. The van der Waals surface area contributed by atoms with Crippen LogP contribution in [0.5, 0.6) is 0 Å². The molecule has 1 amide bonds. The van der Waals surface area contributed by atoms with Crippen molar-refractivity contribution in [1.82, 2.24) is 24.7 Å². The number of likely N-dealkylation sites (tertiary alicyclic amines) is 1. The minimum Gasteiger partial charge on any atom is -0.349 e. The third-order valence-electron chi connectivity index (χ3n) is 5.47. The third kappa shape index (κ3) is 4.07. The van der Waals surface area contributed by atoms with Gasteiger partial charge in [-0.05, 0) is 53.0 Å². The molecule has 0 bridgehead atoms. The van der Waals surface area contributed by atoms with E-state index in [1.165, 1.54) is 0 Å². The van der Waals surface area contributed by atoms with Gasteiger partial charge in [0.25, 0.3) is 0 Å². The summed E-state index contributed by atoms with van der Waals surface area (Å²) in [7, 11) is 6.35. The molecule has 1 aliphatic rings. The second-order valence-electron chi connectivity index (χ2n) is 7.59. The molecule has 1 aromatic carbocycles. The van der Waals surface area contributed by atoms with Gasteiger partial charge < -0.3 is 19.7 Å². The van der Waals surface area contributed by atoms with Crippen molar-refractivity contribution < 1.29 is 4.79 Å². The quantitative estimate of drug-likeness (QED) is 0.889. The molecule has 1 aromatic heterocycles. The van der Waals surface area contributed by atoms with Crippen molar-refractivity contribution in [3.63, 3.8) is 0 Å². The molecule has 1 N–H and O–H groups in total. The minimum atomic E-state index is 0.0457. The van der Waals surface area contributed by atoms with E-state index in [-0.39, 0.29) is 11.8 Å². The molecule has 1 fully saturated rings. The molecule has 0 aliphatic carbocycles. The standard InChI is InChI=1S/C20H31N5O/c1-5-25-18-9-7-6-8-17(18)22-19(25)12-21-20(26)15-10-11-16(23(2)3)14-24(4)13-15/h6-9,15-16H,5,10-14H2,1-4H3,(H,21,26)/t15-,16+/m1/s1. The zero-order valence-corrected chi connectivity index (χ0v) is 16.4. The molecule has 142 valence electrons. The summed E-state index contributed by atoms with van der Waals surface area (Å²) < 4.78 is 2.18. The summed E-state index contributed by atoms with van der Waals surface area (Å²) in [5.41, 5.74) is 2.11. The van der Waals surface area contributed by atoms with Crippen molar-refractivity contribution in [2.75, 3.05) is 34.2 Å². The van der Waals surface area contributed by atoms with E-state index >= 15 is 0 Å². The summed E-state index contributed by atoms with van der Waals surface area (Å²) >= 11 is 0. The third-order valence-corrected chi connectivity index (χ3v) is 5.47. The van der Waals surface area contributed by atoms with Gasteiger partial charge in [0, 0.05) is 25.7 Å². The number of aryl methyl sites for hydroxylation is 1. The van der Waals surface area contributed by atoms with Gasteiger partial charge in [0.05, 0.1) is 23.5 Å². The normalized spacial score (nSPS) is 21.9. The van der Waals surface area contributed by atoms with Gasteiger partial charge in [0.2, 0.25) is 5.91 Å². The lowest BCUT2D eigenvalue weighted by Crippen LogP contribution is -2.39. The summed E-state index contributed by atoms with van der Waals surface area (Å²) in [6.07, 6.45) is 1.99. The highest BCUT2D eigenvalue weighted by molar-refractivity contribution is 5.79. The molecule has 2 aromatic rings. The van der Waals surface area contributed by atoms with Crippen LogP contribution in [0.3, 0.4) is 0 Å². The van der Waals surface area contributed by atoms with Gasteiger partial charge in [0.1, 0.15) is 5.82 Å². The Bertz CT molecular complexity index is 754. The highest BCUT2D eigenvalue weighted by Crippen LogP contribution is 2.19. The summed E-state index contributed by atoms with van der Waals surface area (Å²) in [4.78, 5) is 22.0.